The first-order valence-corrected chi connectivity index (χ1v) is 16.2. The van der Waals surface area contributed by atoms with Crippen LogP contribution in [0.5, 0.6) is 0 Å². The predicted molar refractivity (Wildman–Crippen MR) is 162 cm³/mol. The lowest BCUT2D eigenvalue weighted by atomic mass is 9.97. The normalized spacial score (nSPS) is 24.0. The van der Waals surface area contributed by atoms with Crippen molar-refractivity contribution in [3.05, 3.63) is 108 Å². The molecular formula is C28H24O10S4. The van der Waals surface area contributed by atoms with Gasteiger partial charge in [-0.15, -0.1) is 0 Å². The molecule has 0 heterocycles. The van der Waals surface area contributed by atoms with Gasteiger partial charge in [-0.3, -0.25) is 9.59 Å². The van der Waals surface area contributed by atoms with Crippen molar-refractivity contribution < 1.29 is 49.8 Å². The van der Waals surface area contributed by atoms with Crippen LogP contribution in [0.4, 0.5) is 0 Å². The number of carbonyl (C=O) groups is 4. The van der Waals surface area contributed by atoms with Crippen molar-refractivity contribution in [3.63, 3.8) is 0 Å². The summed E-state index contributed by atoms with van der Waals surface area (Å²) in [5.74, 6) is -6.80. The minimum absolute atomic E-state index is 0.206. The molecule has 0 aliphatic heterocycles. The number of benzene rings is 2. The van der Waals surface area contributed by atoms with Gasteiger partial charge >= 0.3 is 23.9 Å². The van der Waals surface area contributed by atoms with Crippen molar-refractivity contribution in [2.75, 3.05) is 0 Å². The van der Waals surface area contributed by atoms with Crippen molar-refractivity contribution in [3.8, 4) is 0 Å². The van der Waals surface area contributed by atoms with E-state index in [0.717, 1.165) is 21.6 Å². The Balaban J connectivity index is 0.000000231. The molecule has 0 saturated heterocycles. The lowest BCUT2D eigenvalue weighted by molar-refractivity contribution is -0.144. The SMILES string of the molecule is O=C(O)C1C=CC=CC1(O)SSC1(O)C=CC=CC1C(=O)O.O=C(O)c1ccccc1SSc1ccccc1C(=O)O. The number of hydrogen-bond donors (Lipinski definition) is 6. The molecule has 2 aromatic rings. The molecule has 2 aromatic carbocycles. The fourth-order valence-corrected chi connectivity index (χ4v) is 8.76. The molecule has 2 aliphatic rings. The number of aliphatic carboxylic acids is 2. The second-order valence-electron chi connectivity index (χ2n) is 8.56. The molecule has 4 atom stereocenters. The zero-order valence-electron chi connectivity index (χ0n) is 21.3. The van der Waals surface area contributed by atoms with Crippen molar-refractivity contribution in [1.82, 2.24) is 0 Å². The first kappa shape index (κ1) is 33.1. The number of allylic oxidation sites excluding steroid dienone is 4. The van der Waals surface area contributed by atoms with Gasteiger partial charge in [0.1, 0.15) is 11.8 Å². The van der Waals surface area contributed by atoms with E-state index in [1.807, 2.05) is 0 Å². The minimum atomic E-state index is -1.78. The Morgan fingerprint density at radius 2 is 0.929 bits per heavy atom. The molecule has 14 heteroatoms. The topological polar surface area (TPSA) is 190 Å². The maximum Gasteiger partial charge on any atom is 0.336 e. The third-order valence-electron chi connectivity index (χ3n) is 5.69. The lowest BCUT2D eigenvalue weighted by Gasteiger charge is -2.35. The van der Waals surface area contributed by atoms with Crippen molar-refractivity contribution in [2.24, 2.45) is 11.8 Å². The molecule has 4 rings (SSSR count). The van der Waals surface area contributed by atoms with Crippen LogP contribution in [0, 0.1) is 11.8 Å². The molecule has 0 spiro atoms. The van der Waals surface area contributed by atoms with Crippen LogP contribution in [0.3, 0.4) is 0 Å². The van der Waals surface area contributed by atoms with Gasteiger partial charge in [-0.1, -0.05) is 104 Å². The molecule has 0 saturated carbocycles. The first-order valence-electron chi connectivity index (χ1n) is 11.9. The second-order valence-corrected chi connectivity index (χ2v) is 13.4. The van der Waals surface area contributed by atoms with E-state index in [1.54, 1.807) is 36.4 Å². The number of aliphatic hydroxyl groups is 2. The summed E-state index contributed by atoms with van der Waals surface area (Å²) in [7, 11) is 3.90. The van der Waals surface area contributed by atoms with E-state index in [-0.39, 0.29) is 11.1 Å². The van der Waals surface area contributed by atoms with Crippen molar-refractivity contribution >= 4 is 67.1 Å². The number of carboxylic acid groups (broad SMARTS) is 4. The zero-order valence-corrected chi connectivity index (χ0v) is 24.6. The number of carboxylic acids is 4. The molecule has 42 heavy (non-hydrogen) atoms. The number of aromatic carboxylic acids is 2. The van der Waals surface area contributed by atoms with Crippen LogP contribution in [0.25, 0.3) is 0 Å². The Labute approximate surface area is 255 Å². The largest absolute Gasteiger partial charge is 0.481 e. The second kappa shape index (κ2) is 14.7. The molecule has 10 nitrogen and oxygen atoms in total. The minimum Gasteiger partial charge on any atom is -0.481 e. The Morgan fingerprint density at radius 1 is 0.571 bits per heavy atom. The van der Waals surface area contributed by atoms with Crippen LogP contribution < -0.4 is 0 Å². The van der Waals surface area contributed by atoms with E-state index in [2.05, 4.69) is 0 Å². The van der Waals surface area contributed by atoms with Crippen LogP contribution in [-0.2, 0) is 9.59 Å². The standard InChI is InChI=1S/C14H14O6S2.C14H10O4S2/c15-11(16)9-5-1-3-7-13(9,19)21-22-14(20)8-4-2-6-10(14)12(17)18;15-13(16)9-5-1-3-7-11(9)19-20-12-8-4-2-6-10(12)14(17)18/h1-10,19-20H,(H,15,16)(H,17,18);1-8H,(H,15,16)(H,17,18). The highest BCUT2D eigenvalue weighted by molar-refractivity contribution is 8.77. The van der Waals surface area contributed by atoms with Crippen LogP contribution in [0.2, 0.25) is 0 Å². The Kier molecular flexibility index (Phi) is 11.6. The maximum absolute atomic E-state index is 11.2. The number of hydrogen-bond acceptors (Lipinski definition) is 10. The molecule has 0 fully saturated rings. The maximum atomic E-state index is 11.2. The smallest absolute Gasteiger partial charge is 0.336 e. The highest BCUT2D eigenvalue weighted by atomic mass is 33.1. The summed E-state index contributed by atoms with van der Waals surface area (Å²) in [5.41, 5.74) is 0.413. The Hall–Kier alpha value is -3.40. The van der Waals surface area contributed by atoms with Crippen LogP contribution >= 0.6 is 43.2 Å². The molecular weight excluding hydrogens is 625 g/mol. The van der Waals surface area contributed by atoms with E-state index in [4.69, 9.17) is 20.4 Å². The van der Waals surface area contributed by atoms with E-state index in [9.17, 15) is 29.4 Å². The summed E-state index contributed by atoms with van der Waals surface area (Å²) < 4.78 is 0. The quantitative estimate of drug-likeness (QED) is 0.144. The first-order chi connectivity index (χ1) is 19.9. The highest BCUT2D eigenvalue weighted by Crippen LogP contribution is 2.51. The molecule has 0 aromatic heterocycles. The van der Waals surface area contributed by atoms with Gasteiger partial charge in [-0.2, -0.15) is 0 Å². The average molecular weight is 649 g/mol. The fourth-order valence-electron chi connectivity index (χ4n) is 3.55. The summed E-state index contributed by atoms with van der Waals surface area (Å²) in [4.78, 5) is 42.2. The Bertz CT molecular complexity index is 1360. The molecule has 0 bridgehead atoms. The molecule has 0 radical (unpaired) electrons. The molecule has 4 unspecified atom stereocenters. The monoisotopic (exact) mass is 648 g/mol. The van der Waals surface area contributed by atoms with Crippen LogP contribution in [-0.4, -0.2) is 64.4 Å². The van der Waals surface area contributed by atoms with E-state index < -0.39 is 45.6 Å². The molecule has 6 N–H and O–H groups in total. The zero-order chi connectivity index (χ0) is 30.9. The number of rotatable bonds is 10. The van der Waals surface area contributed by atoms with Gasteiger partial charge in [0.05, 0.1) is 11.1 Å². The van der Waals surface area contributed by atoms with Crippen LogP contribution in [0.1, 0.15) is 20.7 Å². The molecule has 0 amide bonds. The highest BCUT2D eigenvalue weighted by Gasteiger charge is 2.46. The molecule has 220 valence electrons. The van der Waals surface area contributed by atoms with E-state index >= 15 is 0 Å². The van der Waals surface area contributed by atoms with Crippen molar-refractivity contribution in [2.45, 2.75) is 19.7 Å². The fraction of sp³-hybridized carbons (Fsp3) is 0.143. The van der Waals surface area contributed by atoms with Gasteiger partial charge in [0.2, 0.25) is 0 Å². The average Bonchev–Trinajstić information content (AvgIpc) is 2.96. The van der Waals surface area contributed by atoms with Gasteiger partial charge in [-0.25, -0.2) is 9.59 Å². The van der Waals surface area contributed by atoms with Gasteiger partial charge in [0.25, 0.3) is 0 Å². The summed E-state index contributed by atoms with van der Waals surface area (Å²) in [6, 6.07) is 13.3. The summed E-state index contributed by atoms with van der Waals surface area (Å²) in [6.07, 6.45) is 11.3. The summed E-state index contributed by atoms with van der Waals surface area (Å²) in [5, 5.41) is 57.5. The third-order valence-corrected chi connectivity index (χ3v) is 11.4. The molecule has 2 aliphatic carbocycles. The van der Waals surface area contributed by atoms with Gasteiger partial charge in [0, 0.05) is 9.79 Å². The lowest BCUT2D eigenvalue weighted by Crippen LogP contribution is -2.40. The van der Waals surface area contributed by atoms with E-state index in [0.29, 0.717) is 9.79 Å². The van der Waals surface area contributed by atoms with E-state index in [1.165, 1.54) is 82.3 Å². The summed E-state index contributed by atoms with van der Waals surface area (Å²) >= 11 is 0. The van der Waals surface area contributed by atoms with Crippen molar-refractivity contribution in [1.29, 1.82) is 0 Å². The van der Waals surface area contributed by atoms with Crippen LogP contribution in [0.15, 0.2) is 107 Å². The Morgan fingerprint density at radius 3 is 1.26 bits per heavy atom. The third kappa shape index (κ3) is 8.33. The van der Waals surface area contributed by atoms with Gasteiger partial charge in [-0.05, 0) is 36.4 Å². The van der Waals surface area contributed by atoms with Gasteiger partial charge < -0.3 is 30.6 Å². The summed E-state index contributed by atoms with van der Waals surface area (Å²) in [6.45, 7) is 0. The predicted octanol–water partition coefficient (Wildman–Crippen LogP) is 5.28. The van der Waals surface area contributed by atoms with Gasteiger partial charge in [0.15, 0.2) is 9.87 Å².